The van der Waals surface area contributed by atoms with Crippen LogP contribution in [-0.4, -0.2) is 77.6 Å². The summed E-state index contributed by atoms with van der Waals surface area (Å²) < 4.78 is 0. The molecule has 0 aliphatic carbocycles. The van der Waals surface area contributed by atoms with Gasteiger partial charge in [0.15, 0.2) is 0 Å². The molecule has 202 valence electrons. The molecule has 0 saturated carbocycles. The molecule has 3 aromatic rings. The van der Waals surface area contributed by atoms with Crippen molar-refractivity contribution in [3.8, 4) is 6.07 Å². The van der Waals surface area contributed by atoms with Gasteiger partial charge in [0.1, 0.15) is 6.07 Å². The zero-order chi connectivity index (χ0) is 27.3. The van der Waals surface area contributed by atoms with Crippen LogP contribution in [0.5, 0.6) is 0 Å². The average Bonchev–Trinajstić information content (AvgIpc) is 2.94. The topological polar surface area (TPSA) is 92.7 Å². The fourth-order valence-electron chi connectivity index (χ4n) is 6.58. The van der Waals surface area contributed by atoms with E-state index in [9.17, 15) is 10.1 Å². The Hall–Kier alpha value is -3.67. The molecule has 1 aromatic heterocycles. The van der Waals surface area contributed by atoms with Gasteiger partial charge >= 0.3 is 0 Å². The predicted octanol–water partition coefficient (Wildman–Crippen LogP) is 3.13. The van der Waals surface area contributed by atoms with Crippen molar-refractivity contribution >= 4 is 28.2 Å². The van der Waals surface area contributed by atoms with Gasteiger partial charge in [-0.05, 0) is 74.7 Å². The Kier molecular flexibility index (Phi) is 6.44. The van der Waals surface area contributed by atoms with Gasteiger partial charge in [0, 0.05) is 80.9 Å². The van der Waals surface area contributed by atoms with Gasteiger partial charge in [-0.2, -0.15) is 5.26 Å². The molecule has 0 radical (unpaired) electrons. The SMILES string of the molecule is CC1CN(c2ccc(C#N)c3ncccc23)CC2Cc3cc(N4CCN(C(=O)C(C)(C)N)CC4)ccc3CN12. The van der Waals surface area contributed by atoms with Gasteiger partial charge in [-0.15, -0.1) is 0 Å². The molecule has 2 N–H and O–H groups in total. The van der Waals surface area contributed by atoms with Crippen LogP contribution in [0.1, 0.15) is 37.5 Å². The maximum absolute atomic E-state index is 12.6. The summed E-state index contributed by atoms with van der Waals surface area (Å²) in [5.41, 5.74) is 11.9. The number of rotatable bonds is 3. The minimum Gasteiger partial charge on any atom is -0.368 e. The minimum absolute atomic E-state index is 0.0227. The number of benzene rings is 2. The first-order valence-corrected chi connectivity index (χ1v) is 14.0. The van der Waals surface area contributed by atoms with Gasteiger partial charge in [-0.3, -0.25) is 14.7 Å². The molecule has 4 heterocycles. The third-order valence-corrected chi connectivity index (χ3v) is 8.64. The monoisotopic (exact) mass is 523 g/mol. The summed E-state index contributed by atoms with van der Waals surface area (Å²) in [5.74, 6) is 0.0227. The molecule has 0 spiro atoms. The van der Waals surface area contributed by atoms with E-state index >= 15 is 0 Å². The van der Waals surface area contributed by atoms with Crippen molar-refractivity contribution in [3.05, 3.63) is 65.4 Å². The Labute approximate surface area is 230 Å². The van der Waals surface area contributed by atoms with Crippen LogP contribution in [0.2, 0.25) is 0 Å². The number of nitrogens with zero attached hydrogens (tertiary/aromatic N) is 6. The lowest BCUT2D eigenvalue weighted by molar-refractivity contribution is -0.136. The van der Waals surface area contributed by atoms with Gasteiger partial charge < -0.3 is 20.4 Å². The largest absolute Gasteiger partial charge is 0.368 e. The number of aromatic nitrogens is 1. The normalized spacial score (nSPS) is 21.9. The molecule has 2 atom stereocenters. The fraction of sp³-hybridized carbons (Fsp3) is 0.452. The molecule has 39 heavy (non-hydrogen) atoms. The van der Waals surface area contributed by atoms with E-state index in [4.69, 9.17) is 5.73 Å². The van der Waals surface area contributed by atoms with E-state index in [1.807, 2.05) is 17.0 Å². The molecule has 1 amide bonds. The highest BCUT2D eigenvalue weighted by molar-refractivity contribution is 5.95. The number of nitriles is 1. The number of anilines is 2. The molecule has 2 aromatic carbocycles. The van der Waals surface area contributed by atoms with Crippen LogP contribution in [0.4, 0.5) is 11.4 Å². The van der Waals surface area contributed by atoms with Crippen LogP contribution in [0.3, 0.4) is 0 Å². The molecular weight excluding hydrogens is 486 g/mol. The van der Waals surface area contributed by atoms with Crippen LogP contribution < -0.4 is 15.5 Å². The lowest BCUT2D eigenvalue weighted by atomic mass is 9.89. The lowest BCUT2D eigenvalue weighted by Gasteiger charge is -2.49. The first kappa shape index (κ1) is 25.6. The summed E-state index contributed by atoms with van der Waals surface area (Å²) in [4.78, 5) is 26.6. The molecular formula is C31H37N7O. The van der Waals surface area contributed by atoms with E-state index in [1.54, 1.807) is 20.0 Å². The first-order chi connectivity index (χ1) is 18.7. The standard InChI is InChI=1S/C31H37N7O/c1-21-18-37(28-9-7-22(17-32)29-27(28)5-4-10-34-29)20-26-16-24-15-25(8-6-23(24)19-38(21)26)35-11-13-36(14-12-35)30(39)31(2,3)33/h4-10,15,21,26H,11-14,16,18-20,33H2,1-3H3. The summed E-state index contributed by atoms with van der Waals surface area (Å²) >= 11 is 0. The Balaban J connectivity index is 1.20. The predicted molar refractivity (Wildman–Crippen MR) is 155 cm³/mol. The number of carbonyl (C=O) groups excluding carboxylic acids is 1. The molecule has 3 aliphatic heterocycles. The quantitative estimate of drug-likeness (QED) is 0.564. The highest BCUT2D eigenvalue weighted by atomic mass is 16.2. The van der Waals surface area contributed by atoms with E-state index in [2.05, 4.69) is 63.0 Å². The second kappa shape index (κ2) is 9.82. The second-order valence-corrected chi connectivity index (χ2v) is 11.9. The van der Waals surface area contributed by atoms with Crippen molar-refractivity contribution in [2.75, 3.05) is 49.1 Å². The Bertz CT molecular complexity index is 1450. The zero-order valence-electron chi connectivity index (χ0n) is 23.1. The van der Waals surface area contributed by atoms with Crippen LogP contribution in [-0.2, 0) is 17.8 Å². The van der Waals surface area contributed by atoms with Gasteiger partial charge in [-0.1, -0.05) is 6.07 Å². The highest BCUT2D eigenvalue weighted by Gasteiger charge is 2.37. The summed E-state index contributed by atoms with van der Waals surface area (Å²) in [6.45, 7) is 11.8. The van der Waals surface area contributed by atoms with Crippen molar-refractivity contribution in [3.63, 3.8) is 0 Å². The second-order valence-electron chi connectivity index (χ2n) is 11.9. The van der Waals surface area contributed by atoms with Crippen LogP contribution in [0.15, 0.2) is 48.7 Å². The Morgan fingerprint density at radius 1 is 1.05 bits per heavy atom. The number of fused-ring (bicyclic) bond motifs is 3. The summed E-state index contributed by atoms with van der Waals surface area (Å²) in [5, 5.41) is 10.6. The number of pyridine rings is 1. The summed E-state index contributed by atoms with van der Waals surface area (Å²) in [6.07, 6.45) is 2.77. The molecule has 8 nitrogen and oxygen atoms in total. The maximum atomic E-state index is 12.6. The average molecular weight is 524 g/mol. The van der Waals surface area contributed by atoms with Crippen molar-refractivity contribution in [2.45, 2.75) is 51.4 Å². The molecule has 8 heteroatoms. The van der Waals surface area contributed by atoms with Gasteiger partial charge in [0.25, 0.3) is 0 Å². The first-order valence-electron chi connectivity index (χ1n) is 14.0. The molecule has 2 fully saturated rings. The van der Waals surface area contributed by atoms with Crippen LogP contribution >= 0.6 is 0 Å². The number of carbonyl (C=O) groups is 1. The number of hydrogen-bond donors (Lipinski definition) is 1. The fourth-order valence-corrected chi connectivity index (χ4v) is 6.58. The zero-order valence-corrected chi connectivity index (χ0v) is 23.1. The minimum atomic E-state index is -0.828. The molecule has 6 rings (SSSR count). The third-order valence-electron chi connectivity index (χ3n) is 8.64. The maximum Gasteiger partial charge on any atom is 0.242 e. The van der Waals surface area contributed by atoms with E-state index in [-0.39, 0.29) is 5.91 Å². The number of piperazine rings is 2. The van der Waals surface area contributed by atoms with E-state index in [0.29, 0.717) is 30.7 Å². The van der Waals surface area contributed by atoms with Crippen molar-refractivity contribution < 1.29 is 4.79 Å². The van der Waals surface area contributed by atoms with Crippen LogP contribution in [0, 0.1) is 11.3 Å². The van der Waals surface area contributed by atoms with Gasteiger partial charge in [0.05, 0.1) is 16.6 Å². The smallest absolute Gasteiger partial charge is 0.242 e. The number of hydrogen-bond acceptors (Lipinski definition) is 7. The van der Waals surface area contributed by atoms with E-state index in [0.717, 1.165) is 55.7 Å². The molecule has 0 bridgehead atoms. The lowest BCUT2D eigenvalue weighted by Crippen LogP contribution is -2.59. The molecule has 2 saturated heterocycles. The van der Waals surface area contributed by atoms with E-state index in [1.165, 1.54) is 16.8 Å². The van der Waals surface area contributed by atoms with Crippen molar-refractivity contribution in [2.24, 2.45) is 5.73 Å². The van der Waals surface area contributed by atoms with E-state index < -0.39 is 5.54 Å². The third kappa shape index (κ3) is 4.70. The Morgan fingerprint density at radius 3 is 2.59 bits per heavy atom. The Morgan fingerprint density at radius 2 is 1.85 bits per heavy atom. The number of amides is 1. The van der Waals surface area contributed by atoms with Gasteiger partial charge in [0.2, 0.25) is 5.91 Å². The van der Waals surface area contributed by atoms with Crippen LogP contribution in [0.25, 0.3) is 10.9 Å². The molecule has 3 aliphatic rings. The van der Waals surface area contributed by atoms with Crippen molar-refractivity contribution in [1.29, 1.82) is 5.26 Å². The summed E-state index contributed by atoms with van der Waals surface area (Å²) in [6, 6.07) is 18.1. The highest BCUT2D eigenvalue weighted by Crippen LogP contribution is 2.35. The summed E-state index contributed by atoms with van der Waals surface area (Å²) in [7, 11) is 0. The number of nitrogens with two attached hydrogens (primary N) is 1. The van der Waals surface area contributed by atoms with Crippen molar-refractivity contribution in [1.82, 2.24) is 14.8 Å². The molecule has 2 unspecified atom stereocenters. The van der Waals surface area contributed by atoms with Gasteiger partial charge in [-0.25, -0.2) is 0 Å².